The maximum atomic E-state index is 6.74. The molecule has 0 aromatic rings. The van der Waals surface area contributed by atoms with E-state index in [0.717, 1.165) is 30.9 Å². The summed E-state index contributed by atoms with van der Waals surface area (Å²) in [5.41, 5.74) is 0. The first-order valence-corrected chi connectivity index (χ1v) is 15.1. The van der Waals surface area contributed by atoms with E-state index in [1.54, 1.807) is 0 Å². The third-order valence-electron chi connectivity index (χ3n) is 7.93. The van der Waals surface area contributed by atoms with Crippen LogP contribution < -0.4 is 5.32 Å². The van der Waals surface area contributed by atoms with Gasteiger partial charge in [0.1, 0.15) is 0 Å². The first-order valence-electron chi connectivity index (χ1n) is 15.1. The highest BCUT2D eigenvalue weighted by atomic mass is 16.5. The van der Waals surface area contributed by atoms with Gasteiger partial charge >= 0.3 is 0 Å². The fourth-order valence-electron chi connectivity index (χ4n) is 5.90. The summed E-state index contributed by atoms with van der Waals surface area (Å²) in [4.78, 5) is 0. The van der Waals surface area contributed by atoms with Gasteiger partial charge in [0.05, 0.1) is 12.7 Å². The molecule has 2 nitrogen and oxygen atoms in total. The molecule has 1 aliphatic heterocycles. The molecule has 32 heavy (non-hydrogen) atoms. The lowest BCUT2D eigenvalue weighted by Gasteiger charge is -2.37. The number of hydrogen-bond acceptors (Lipinski definition) is 2. The van der Waals surface area contributed by atoms with E-state index in [4.69, 9.17) is 4.74 Å². The van der Waals surface area contributed by atoms with E-state index in [0.29, 0.717) is 6.10 Å². The highest BCUT2D eigenvalue weighted by molar-refractivity contribution is 4.87. The van der Waals surface area contributed by atoms with Crippen LogP contribution in [0.4, 0.5) is 0 Å². The Kier molecular flexibility index (Phi) is 20.1. The first-order chi connectivity index (χ1) is 15.8. The van der Waals surface area contributed by atoms with Crippen LogP contribution in [0.5, 0.6) is 0 Å². The van der Waals surface area contributed by atoms with Crippen LogP contribution in [-0.2, 0) is 4.74 Å². The molecule has 1 heterocycles. The predicted molar refractivity (Wildman–Crippen MR) is 143 cm³/mol. The second-order valence-corrected chi connectivity index (χ2v) is 10.8. The van der Waals surface area contributed by atoms with Gasteiger partial charge in [-0.25, -0.2) is 0 Å². The molecule has 0 aliphatic carbocycles. The monoisotopic (exact) mass is 451 g/mol. The first kappa shape index (κ1) is 30.0. The molecule has 1 fully saturated rings. The molecule has 3 atom stereocenters. The van der Waals surface area contributed by atoms with Crippen LogP contribution in [0.25, 0.3) is 0 Å². The molecule has 2 heteroatoms. The Morgan fingerprint density at radius 1 is 0.594 bits per heavy atom. The minimum absolute atomic E-state index is 0.492. The Balaban J connectivity index is 2.88. The zero-order chi connectivity index (χ0) is 23.3. The fourth-order valence-corrected chi connectivity index (χ4v) is 5.90. The van der Waals surface area contributed by atoms with Crippen molar-refractivity contribution in [3.8, 4) is 0 Å². The van der Waals surface area contributed by atoms with Gasteiger partial charge in [0, 0.05) is 19.0 Å². The highest BCUT2D eigenvalue weighted by Crippen LogP contribution is 2.36. The lowest BCUT2D eigenvalue weighted by atomic mass is 9.74. The van der Waals surface area contributed by atoms with Gasteiger partial charge in [0.2, 0.25) is 0 Å². The van der Waals surface area contributed by atoms with Gasteiger partial charge in [-0.05, 0) is 24.7 Å². The average Bonchev–Trinajstić information content (AvgIpc) is 3.06. The summed E-state index contributed by atoms with van der Waals surface area (Å²) in [5.74, 6) is 2.35. The maximum absolute atomic E-state index is 6.74. The molecule has 0 aromatic carbocycles. The minimum atomic E-state index is 0.492. The van der Waals surface area contributed by atoms with Crippen LogP contribution in [0, 0.1) is 17.8 Å². The Morgan fingerprint density at radius 2 is 1.03 bits per heavy atom. The van der Waals surface area contributed by atoms with Gasteiger partial charge in [-0.15, -0.1) is 0 Å². The lowest BCUT2D eigenvalue weighted by molar-refractivity contribution is -0.0362. The largest absolute Gasteiger partial charge is 0.376 e. The standard InChI is InChI=1S/C30H61NO/c1-5-9-13-17-20-27(21-18-14-10-6-2)29-26-31-24-25-32-30(29)28(22-16-12-8-4)23-19-15-11-7-3/h27-31H,5-26H2,1-4H3. The number of hydrogen-bond donors (Lipinski definition) is 1. The molecule has 3 unspecified atom stereocenters. The average molecular weight is 452 g/mol. The van der Waals surface area contributed by atoms with E-state index in [1.807, 2.05) is 0 Å². The zero-order valence-corrected chi connectivity index (χ0v) is 22.8. The number of unbranched alkanes of at least 4 members (excludes halogenated alkanes) is 11. The van der Waals surface area contributed by atoms with Gasteiger partial charge in [0.25, 0.3) is 0 Å². The molecule has 1 N–H and O–H groups in total. The molecule has 1 rings (SSSR count). The number of ether oxygens (including phenoxy) is 1. The SMILES string of the molecule is CCCCCCC(CCCCCC)C1CNCCOC1C(CCCCC)CCCCCC. The van der Waals surface area contributed by atoms with Crippen molar-refractivity contribution >= 4 is 0 Å². The van der Waals surface area contributed by atoms with Crippen LogP contribution >= 0.6 is 0 Å². The number of nitrogens with one attached hydrogen (secondary N) is 1. The van der Waals surface area contributed by atoms with E-state index >= 15 is 0 Å². The van der Waals surface area contributed by atoms with Crippen LogP contribution in [0.3, 0.4) is 0 Å². The molecular formula is C30H61NO. The molecule has 0 aromatic heterocycles. The van der Waals surface area contributed by atoms with Crippen LogP contribution in [0.1, 0.15) is 150 Å². The van der Waals surface area contributed by atoms with Gasteiger partial charge in [0.15, 0.2) is 0 Å². The van der Waals surface area contributed by atoms with Crippen molar-refractivity contribution in [1.82, 2.24) is 5.32 Å². The third-order valence-corrected chi connectivity index (χ3v) is 7.93. The Morgan fingerprint density at radius 3 is 1.53 bits per heavy atom. The molecule has 1 aliphatic rings. The summed E-state index contributed by atoms with van der Waals surface area (Å²) in [5, 5.41) is 3.78. The van der Waals surface area contributed by atoms with Crippen LogP contribution in [0.15, 0.2) is 0 Å². The predicted octanol–water partition coefficient (Wildman–Crippen LogP) is 9.31. The molecule has 0 amide bonds. The Hall–Kier alpha value is -0.0800. The smallest absolute Gasteiger partial charge is 0.0646 e. The fraction of sp³-hybridized carbons (Fsp3) is 1.00. The van der Waals surface area contributed by atoms with Crippen molar-refractivity contribution in [2.45, 2.75) is 156 Å². The topological polar surface area (TPSA) is 21.3 Å². The van der Waals surface area contributed by atoms with Crippen molar-refractivity contribution in [2.75, 3.05) is 19.7 Å². The summed E-state index contributed by atoms with van der Waals surface area (Å²) < 4.78 is 6.74. The van der Waals surface area contributed by atoms with Crippen LogP contribution in [0.2, 0.25) is 0 Å². The van der Waals surface area contributed by atoms with Gasteiger partial charge in [-0.1, -0.05) is 137 Å². The second-order valence-electron chi connectivity index (χ2n) is 10.8. The van der Waals surface area contributed by atoms with Crippen molar-refractivity contribution < 1.29 is 4.74 Å². The van der Waals surface area contributed by atoms with Gasteiger partial charge in [-0.3, -0.25) is 0 Å². The number of rotatable bonds is 21. The van der Waals surface area contributed by atoms with E-state index in [-0.39, 0.29) is 0 Å². The van der Waals surface area contributed by atoms with E-state index in [9.17, 15) is 0 Å². The molecule has 0 saturated carbocycles. The van der Waals surface area contributed by atoms with Crippen molar-refractivity contribution in [3.05, 3.63) is 0 Å². The minimum Gasteiger partial charge on any atom is -0.376 e. The Bertz CT molecular complexity index is 373. The molecule has 1 saturated heterocycles. The van der Waals surface area contributed by atoms with Crippen molar-refractivity contribution in [2.24, 2.45) is 17.8 Å². The molecule has 0 radical (unpaired) electrons. The summed E-state index contributed by atoms with van der Waals surface area (Å²) in [6.45, 7) is 12.5. The van der Waals surface area contributed by atoms with E-state index in [2.05, 4.69) is 33.0 Å². The summed E-state index contributed by atoms with van der Waals surface area (Å²) in [7, 11) is 0. The summed E-state index contributed by atoms with van der Waals surface area (Å²) >= 11 is 0. The van der Waals surface area contributed by atoms with Crippen molar-refractivity contribution in [3.63, 3.8) is 0 Å². The normalized spacial score (nSPS) is 20.5. The Labute approximate surface area is 203 Å². The van der Waals surface area contributed by atoms with E-state index < -0.39 is 0 Å². The van der Waals surface area contributed by atoms with Crippen molar-refractivity contribution in [1.29, 1.82) is 0 Å². The molecule has 0 spiro atoms. The van der Waals surface area contributed by atoms with E-state index in [1.165, 1.54) is 129 Å². The summed E-state index contributed by atoms with van der Waals surface area (Å²) in [6, 6.07) is 0. The lowest BCUT2D eigenvalue weighted by Crippen LogP contribution is -2.39. The molecule has 192 valence electrons. The van der Waals surface area contributed by atoms with Crippen LogP contribution in [-0.4, -0.2) is 25.8 Å². The zero-order valence-electron chi connectivity index (χ0n) is 22.8. The summed E-state index contributed by atoms with van der Waals surface area (Å²) in [6.07, 6.45) is 27.0. The van der Waals surface area contributed by atoms with Gasteiger partial charge in [-0.2, -0.15) is 0 Å². The van der Waals surface area contributed by atoms with Gasteiger partial charge < -0.3 is 10.1 Å². The third kappa shape index (κ3) is 13.6. The highest BCUT2D eigenvalue weighted by Gasteiger charge is 2.35. The maximum Gasteiger partial charge on any atom is 0.0646 e. The quantitative estimate of drug-likeness (QED) is 0.175. The molecular weight excluding hydrogens is 390 g/mol. The molecule has 0 bridgehead atoms. The second kappa shape index (κ2) is 21.5.